The minimum absolute atomic E-state index is 0.00153. The van der Waals surface area contributed by atoms with Crippen LogP contribution in [-0.4, -0.2) is 11.4 Å². The van der Waals surface area contributed by atoms with Crippen LogP contribution in [0.4, 0.5) is 8.78 Å². The molecule has 0 amide bonds. The predicted octanol–water partition coefficient (Wildman–Crippen LogP) is 2.82. The molecule has 5 heteroatoms. The lowest BCUT2D eigenvalue weighted by atomic mass is 10.1. The summed E-state index contributed by atoms with van der Waals surface area (Å²) in [5.41, 5.74) is 4.51. The lowest BCUT2D eigenvalue weighted by Crippen LogP contribution is -2.28. The third-order valence-electron chi connectivity index (χ3n) is 2.54. The second-order valence-electron chi connectivity index (χ2n) is 4.40. The molecule has 0 fully saturated rings. The number of nitrogens with two attached hydrogens (primary N) is 1. The first-order valence-electron chi connectivity index (χ1n) is 5.29. The smallest absolute Gasteiger partial charge is 0.191 e. The summed E-state index contributed by atoms with van der Waals surface area (Å²) < 4.78 is 32.5. The van der Waals surface area contributed by atoms with E-state index in [0.29, 0.717) is 6.42 Å². The lowest BCUT2D eigenvalue weighted by Gasteiger charge is -2.25. The van der Waals surface area contributed by atoms with Crippen LogP contribution in [0.1, 0.15) is 32.8 Å². The molecule has 0 saturated carbocycles. The van der Waals surface area contributed by atoms with Gasteiger partial charge < -0.3 is 10.5 Å². The maximum absolute atomic E-state index is 13.6. The standard InChI is InChI=1S/C12H16F2N2O/c1-4-12(2,3)17-10-8(13)5-7(11(15)16)6-9(10)14/h5-6H,4H2,1-3H3,(H3,15,16). The van der Waals surface area contributed by atoms with Crippen molar-refractivity contribution in [2.24, 2.45) is 5.73 Å². The summed E-state index contributed by atoms with van der Waals surface area (Å²) >= 11 is 0. The van der Waals surface area contributed by atoms with Gasteiger partial charge in [0.2, 0.25) is 0 Å². The number of hydrogen-bond donors (Lipinski definition) is 2. The topological polar surface area (TPSA) is 59.1 Å². The fourth-order valence-electron chi connectivity index (χ4n) is 1.16. The SMILES string of the molecule is CCC(C)(C)Oc1c(F)cc(C(=N)N)cc1F. The molecule has 0 aromatic heterocycles. The van der Waals surface area contributed by atoms with Crippen molar-refractivity contribution in [3.8, 4) is 5.75 Å². The Morgan fingerprint density at radius 1 is 1.35 bits per heavy atom. The fourth-order valence-corrected chi connectivity index (χ4v) is 1.16. The Morgan fingerprint density at radius 3 is 2.18 bits per heavy atom. The molecule has 1 aromatic rings. The van der Waals surface area contributed by atoms with Crippen molar-refractivity contribution in [3.05, 3.63) is 29.3 Å². The third-order valence-corrected chi connectivity index (χ3v) is 2.54. The van der Waals surface area contributed by atoms with E-state index in [-0.39, 0.29) is 11.4 Å². The van der Waals surface area contributed by atoms with E-state index in [9.17, 15) is 8.78 Å². The largest absolute Gasteiger partial charge is 0.482 e. The Balaban J connectivity index is 3.15. The monoisotopic (exact) mass is 242 g/mol. The Kier molecular flexibility index (Phi) is 3.70. The van der Waals surface area contributed by atoms with E-state index in [2.05, 4.69) is 0 Å². The number of halogens is 2. The summed E-state index contributed by atoms with van der Waals surface area (Å²) in [5, 5.41) is 7.12. The van der Waals surface area contributed by atoms with Gasteiger partial charge in [-0.1, -0.05) is 6.92 Å². The summed E-state index contributed by atoms with van der Waals surface area (Å²) in [6, 6.07) is 1.99. The predicted molar refractivity (Wildman–Crippen MR) is 62.4 cm³/mol. The van der Waals surface area contributed by atoms with Crippen LogP contribution < -0.4 is 10.5 Å². The van der Waals surface area contributed by atoms with Crippen molar-refractivity contribution in [2.75, 3.05) is 0 Å². The molecule has 0 unspecified atom stereocenters. The van der Waals surface area contributed by atoms with Gasteiger partial charge in [0.25, 0.3) is 0 Å². The number of rotatable bonds is 4. The van der Waals surface area contributed by atoms with Crippen LogP contribution in [0.5, 0.6) is 5.75 Å². The summed E-state index contributed by atoms with van der Waals surface area (Å²) in [6.07, 6.45) is 0.611. The van der Waals surface area contributed by atoms with E-state index in [1.165, 1.54) is 0 Å². The van der Waals surface area contributed by atoms with Gasteiger partial charge in [-0.15, -0.1) is 0 Å². The summed E-state index contributed by atoms with van der Waals surface area (Å²) in [7, 11) is 0. The number of hydrogen-bond acceptors (Lipinski definition) is 2. The zero-order valence-electron chi connectivity index (χ0n) is 10.1. The molecule has 1 rings (SSSR count). The Bertz CT molecular complexity index is 421. The van der Waals surface area contributed by atoms with E-state index < -0.39 is 23.0 Å². The quantitative estimate of drug-likeness (QED) is 0.630. The molecule has 94 valence electrons. The van der Waals surface area contributed by atoms with Crippen LogP contribution in [0.15, 0.2) is 12.1 Å². The maximum Gasteiger partial charge on any atom is 0.191 e. The van der Waals surface area contributed by atoms with Crippen molar-refractivity contribution in [1.29, 1.82) is 5.41 Å². The van der Waals surface area contributed by atoms with Crippen molar-refractivity contribution in [1.82, 2.24) is 0 Å². The zero-order valence-corrected chi connectivity index (χ0v) is 10.1. The van der Waals surface area contributed by atoms with Gasteiger partial charge >= 0.3 is 0 Å². The lowest BCUT2D eigenvalue weighted by molar-refractivity contribution is 0.0935. The Morgan fingerprint density at radius 2 is 1.82 bits per heavy atom. The van der Waals surface area contributed by atoms with E-state index in [4.69, 9.17) is 15.9 Å². The molecule has 0 bridgehead atoms. The summed E-state index contributed by atoms with van der Waals surface area (Å²) in [5.74, 6) is -2.51. The molecule has 17 heavy (non-hydrogen) atoms. The van der Waals surface area contributed by atoms with Crippen molar-refractivity contribution < 1.29 is 13.5 Å². The van der Waals surface area contributed by atoms with Crippen molar-refractivity contribution in [3.63, 3.8) is 0 Å². The molecule has 1 aromatic carbocycles. The van der Waals surface area contributed by atoms with Crippen LogP contribution in [0.25, 0.3) is 0 Å². The highest BCUT2D eigenvalue weighted by atomic mass is 19.1. The van der Waals surface area contributed by atoms with E-state index >= 15 is 0 Å². The molecule has 0 radical (unpaired) electrons. The van der Waals surface area contributed by atoms with Crippen LogP contribution in [0, 0.1) is 17.0 Å². The van der Waals surface area contributed by atoms with Gasteiger partial charge in [0, 0.05) is 5.56 Å². The summed E-state index contributed by atoms with van der Waals surface area (Å²) in [6.45, 7) is 5.34. The van der Waals surface area contributed by atoms with E-state index in [1.807, 2.05) is 6.92 Å². The van der Waals surface area contributed by atoms with Gasteiger partial charge in [-0.05, 0) is 32.4 Å². The first kappa shape index (κ1) is 13.4. The Labute approximate surface area is 99.1 Å². The van der Waals surface area contributed by atoms with E-state index in [1.54, 1.807) is 13.8 Å². The number of benzene rings is 1. The molecule has 0 aliphatic heterocycles. The number of ether oxygens (including phenoxy) is 1. The van der Waals surface area contributed by atoms with Crippen molar-refractivity contribution >= 4 is 5.84 Å². The summed E-state index contributed by atoms with van der Waals surface area (Å²) in [4.78, 5) is 0. The van der Waals surface area contributed by atoms with Crippen LogP contribution >= 0.6 is 0 Å². The average molecular weight is 242 g/mol. The van der Waals surface area contributed by atoms with Gasteiger partial charge in [-0.25, -0.2) is 8.78 Å². The minimum atomic E-state index is -0.850. The van der Waals surface area contributed by atoms with Crippen molar-refractivity contribution in [2.45, 2.75) is 32.8 Å². The molecule has 0 spiro atoms. The number of nitrogens with one attached hydrogen (secondary N) is 1. The molecular weight excluding hydrogens is 226 g/mol. The van der Waals surface area contributed by atoms with Gasteiger partial charge in [-0.3, -0.25) is 5.41 Å². The molecule has 0 heterocycles. The molecule has 0 aliphatic rings. The van der Waals surface area contributed by atoms with Gasteiger partial charge in [0.1, 0.15) is 11.4 Å². The van der Waals surface area contributed by atoms with E-state index in [0.717, 1.165) is 12.1 Å². The molecule has 0 aliphatic carbocycles. The maximum atomic E-state index is 13.6. The second kappa shape index (κ2) is 4.69. The fraction of sp³-hybridized carbons (Fsp3) is 0.417. The third kappa shape index (κ3) is 3.15. The highest BCUT2D eigenvalue weighted by molar-refractivity contribution is 5.95. The number of nitrogen functional groups attached to an aromatic ring is 1. The minimum Gasteiger partial charge on any atom is -0.482 e. The molecule has 0 saturated heterocycles. The van der Waals surface area contributed by atoms with Crippen LogP contribution in [0.3, 0.4) is 0 Å². The molecule has 3 N–H and O–H groups in total. The highest BCUT2D eigenvalue weighted by Crippen LogP contribution is 2.28. The number of amidine groups is 1. The second-order valence-corrected chi connectivity index (χ2v) is 4.40. The average Bonchev–Trinajstić information content (AvgIpc) is 2.23. The van der Waals surface area contributed by atoms with Gasteiger partial charge in [0.15, 0.2) is 17.4 Å². The first-order chi connectivity index (χ1) is 7.76. The van der Waals surface area contributed by atoms with Gasteiger partial charge in [-0.2, -0.15) is 0 Å². The highest BCUT2D eigenvalue weighted by Gasteiger charge is 2.22. The first-order valence-corrected chi connectivity index (χ1v) is 5.29. The molecule has 3 nitrogen and oxygen atoms in total. The molecule has 0 atom stereocenters. The van der Waals surface area contributed by atoms with Gasteiger partial charge in [0.05, 0.1) is 0 Å². The Hall–Kier alpha value is -1.65. The molecular formula is C12H16F2N2O. The van der Waals surface area contributed by atoms with Crippen LogP contribution in [-0.2, 0) is 0 Å². The zero-order chi connectivity index (χ0) is 13.2. The van der Waals surface area contributed by atoms with Crippen LogP contribution in [0.2, 0.25) is 0 Å². The normalized spacial score (nSPS) is 11.4.